The summed E-state index contributed by atoms with van der Waals surface area (Å²) in [5.41, 5.74) is 0.898. The maximum Gasteiger partial charge on any atom is 0.286 e. The molecule has 1 amide bonds. The number of nitrogens with zero attached hydrogens (tertiary/aromatic N) is 2. The predicted molar refractivity (Wildman–Crippen MR) is 107 cm³/mol. The normalized spacial score (nSPS) is 11.6. The number of fused-ring (bicyclic) bond motifs is 1. The van der Waals surface area contributed by atoms with E-state index in [0.717, 1.165) is 10.2 Å². The van der Waals surface area contributed by atoms with Crippen molar-refractivity contribution in [3.05, 3.63) is 47.3 Å². The summed E-state index contributed by atoms with van der Waals surface area (Å²) in [5, 5.41) is 0. The molecule has 0 spiro atoms. The zero-order valence-corrected chi connectivity index (χ0v) is 16.8. The molecule has 0 unspecified atom stereocenters. The molecule has 28 heavy (non-hydrogen) atoms. The number of aromatic nitrogens is 1. The first-order valence-corrected chi connectivity index (χ1v) is 9.47. The second-order valence-corrected chi connectivity index (χ2v) is 6.82. The van der Waals surface area contributed by atoms with Crippen LogP contribution in [-0.2, 0) is 16.1 Å². The molecule has 1 heterocycles. The Hall–Kier alpha value is -2.84. The first-order valence-electron chi connectivity index (χ1n) is 8.66. The van der Waals surface area contributed by atoms with Gasteiger partial charge in [0, 0.05) is 25.8 Å². The molecule has 2 aromatic carbocycles. The molecule has 3 rings (SSSR count). The summed E-state index contributed by atoms with van der Waals surface area (Å²) in [5.74, 6) is 1.51. The lowest BCUT2D eigenvalue weighted by Gasteiger charge is -2.09. The number of carbonyl (C=O) groups excluding carboxylic acids is 1. The van der Waals surface area contributed by atoms with E-state index in [-0.39, 0.29) is 12.5 Å². The van der Waals surface area contributed by atoms with Gasteiger partial charge in [-0.2, -0.15) is 4.99 Å². The third kappa shape index (κ3) is 4.52. The van der Waals surface area contributed by atoms with Gasteiger partial charge in [-0.15, -0.1) is 0 Å². The van der Waals surface area contributed by atoms with Crippen LogP contribution in [0.2, 0.25) is 0 Å². The zero-order chi connectivity index (χ0) is 19.9. The minimum absolute atomic E-state index is 0.130. The highest BCUT2D eigenvalue weighted by Gasteiger charge is 2.13. The van der Waals surface area contributed by atoms with Crippen molar-refractivity contribution in [2.45, 2.75) is 6.54 Å². The summed E-state index contributed by atoms with van der Waals surface area (Å²) >= 11 is 1.40. The van der Waals surface area contributed by atoms with E-state index in [2.05, 4.69) is 4.99 Å². The summed E-state index contributed by atoms with van der Waals surface area (Å²) in [7, 11) is 4.81. The van der Waals surface area contributed by atoms with Crippen molar-refractivity contribution in [2.24, 2.45) is 4.99 Å². The van der Waals surface area contributed by atoms with Gasteiger partial charge in [0.1, 0.15) is 5.75 Å². The number of rotatable bonds is 8. The van der Waals surface area contributed by atoms with E-state index in [1.807, 2.05) is 34.9 Å². The number of carbonyl (C=O) groups is 1. The lowest BCUT2D eigenvalue weighted by atomic mass is 10.3. The van der Waals surface area contributed by atoms with Gasteiger partial charge in [-0.25, -0.2) is 0 Å². The van der Waals surface area contributed by atoms with Crippen LogP contribution in [0.3, 0.4) is 0 Å². The maximum atomic E-state index is 12.4. The molecule has 148 valence electrons. The monoisotopic (exact) mass is 402 g/mol. The predicted octanol–water partition coefficient (Wildman–Crippen LogP) is 2.87. The van der Waals surface area contributed by atoms with Crippen LogP contribution in [0.25, 0.3) is 10.2 Å². The van der Waals surface area contributed by atoms with Gasteiger partial charge in [0.05, 0.1) is 31.0 Å². The standard InChI is InChI=1S/C20H22N2O5S/c1-24-10-9-22-15-11-16(25-2)17(26-3)12-18(15)28-20(22)21-19(23)13-27-14-7-5-4-6-8-14/h4-8,11-12H,9-10,13H2,1-3H3. The van der Waals surface area contributed by atoms with Gasteiger partial charge in [-0.3, -0.25) is 4.79 Å². The second-order valence-electron chi connectivity index (χ2n) is 5.81. The first-order chi connectivity index (χ1) is 13.7. The topological polar surface area (TPSA) is 71.3 Å². The van der Waals surface area contributed by atoms with E-state index in [1.54, 1.807) is 33.5 Å². The molecule has 0 bridgehead atoms. The Balaban J connectivity index is 1.95. The minimum Gasteiger partial charge on any atom is -0.493 e. The van der Waals surface area contributed by atoms with Crippen LogP contribution >= 0.6 is 11.3 Å². The van der Waals surface area contributed by atoms with Gasteiger partial charge >= 0.3 is 0 Å². The van der Waals surface area contributed by atoms with Gasteiger partial charge in [-0.05, 0) is 12.1 Å². The number of hydrogen-bond acceptors (Lipinski definition) is 6. The van der Waals surface area contributed by atoms with Crippen molar-refractivity contribution >= 4 is 27.5 Å². The Morgan fingerprint density at radius 1 is 1.07 bits per heavy atom. The van der Waals surface area contributed by atoms with Crippen molar-refractivity contribution in [2.75, 3.05) is 34.5 Å². The SMILES string of the molecule is COCCn1c(=NC(=O)COc2ccccc2)sc2cc(OC)c(OC)cc21. The number of thiazole rings is 1. The molecule has 0 aliphatic heterocycles. The van der Waals surface area contributed by atoms with Crippen molar-refractivity contribution < 1.29 is 23.7 Å². The molecule has 0 aliphatic carbocycles. The number of para-hydroxylation sites is 1. The third-order valence-corrected chi connectivity index (χ3v) is 5.07. The first kappa shape index (κ1) is 19.9. The summed E-state index contributed by atoms with van der Waals surface area (Å²) in [4.78, 5) is 17.2. The molecular weight excluding hydrogens is 380 g/mol. The lowest BCUT2D eigenvalue weighted by Crippen LogP contribution is -2.21. The van der Waals surface area contributed by atoms with Crippen molar-refractivity contribution in [1.82, 2.24) is 4.57 Å². The van der Waals surface area contributed by atoms with Crippen LogP contribution in [0.15, 0.2) is 47.5 Å². The summed E-state index contributed by atoms with van der Waals surface area (Å²) in [6.07, 6.45) is 0. The highest BCUT2D eigenvalue weighted by atomic mass is 32.1. The van der Waals surface area contributed by atoms with E-state index in [0.29, 0.717) is 35.2 Å². The van der Waals surface area contributed by atoms with Crippen LogP contribution in [0.1, 0.15) is 0 Å². The van der Waals surface area contributed by atoms with E-state index in [9.17, 15) is 4.79 Å². The third-order valence-electron chi connectivity index (χ3n) is 4.03. The highest BCUT2D eigenvalue weighted by Crippen LogP contribution is 2.33. The molecule has 0 fully saturated rings. The molecule has 0 saturated heterocycles. The molecule has 0 aliphatic rings. The van der Waals surface area contributed by atoms with Crippen LogP contribution in [0.5, 0.6) is 17.2 Å². The van der Waals surface area contributed by atoms with Gasteiger partial charge in [0.2, 0.25) is 0 Å². The van der Waals surface area contributed by atoms with Crippen LogP contribution in [0, 0.1) is 0 Å². The fourth-order valence-electron chi connectivity index (χ4n) is 2.68. The molecule has 3 aromatic rings. The molecular formula is C20H22N2O5S. The maximum absolute atomic E-state index is 12.4. The van der Waals surface area contributed by atoms with Gasteiger partial charge in [0.15, 0.2) is 22.9 Å². The van der Waals surface area contributed by atoms with Crippen LogP contribution < -0.4 is 19.0 Å². The van der Waals surface area contributed by atoms with E-state index >= 15 is 0 Å². The molecule has 0 radical (unpaired) electrons. The summed E-state index contributed by atoms with van der Waals surface area (Å²) in [6.45, 7) is 0.912. The Labute approximate surface area is 166 Å². The van der Waals surface area contributed by atoms with Gasteiger partial charge in [0.25, 0.3) is 5.91 Å². The van der Waals surface area contributed by atoms with E-state index in [1.165, 1.54) is 11.3 Å². The number of methoxy groups -OCH3 is 3. The zero-order valence-electron chi connectivity index (χ0n) is 16.0. The van der Waals surface area contributed by atoms with Crippen molar-refractivity contribution in [3.63, 3.8) is 0 Å². The smallest absolute Gasteiger partial charge is 0.286 e. The Morgan fingerprint density at radius 2 is 1.79 bits per heavy atom. The highest BCUT2D eigenvalue weighted by molar-refractivity contribution is 7.16. The number of benzene rings is 2. The van der Waals surface area contributed by atoms with E-state index < -0.39 is 0 Å². The number of amides is 1. The molecule has 0 N–H and O–H groups in total. The Morgan fingerprint density at radius 3 is 2.46 bits per heavy atom. The summed E-state index contributed by atoms with van der Waals surface area (Å²) < 4.78 is 24.3. The quantitative estimate of drug-likeness (QED) is 0.579. The molecule has 1 aromatic heterocycles. The summed E-state index contributed by atoms with van der Waals surface area (Å²) in [6, 6.07) is 12.9. The Bertz CT molecular complexity index is 1010. The van der Waals surface area contributed by atoms with Crippen LogP contribution in [0.4, 0.5) is 0 Å². The average Bonchev–Trinajstić information content (AvgIpc) is 3.05. The lowest BCUT2D eigenvalue weighted by molar-refractivity contribution is -0.120. The fourth-order valence-corrected chi connectivity index (χ4v) is 3.76. The average molecular weight is 402 g/mol. The Kier molecular flexibility index (Phi) is 6.67. The molecule has 0 saturated carbocycles. The van der Waals surface area contributed by atoms with Crippen molar-refractivity contribution in [3.8, 4) is 17.2 Å². The van der Waals surface area contributed by atoms with Gasteiger partial charge < -0.3 is 23.5 Å². The number of ether oxygens (including phenoxy) is 4. The molecule has 8 heteroatoms. The fraction of sp³-hybridized carbons (Fsp3) is 0.300. The number of hydrogen-bond donors (Lipinski definition) is 0. The second kappa shape index (κ2) is 9.38. The largest absolute Gasteiger partial charge is 0.493 e. The van der Waals surface area contributed by atoms with Crippen molar-refractivity contribution in [1.29, 1.82) is 0 Å². The van der Waals surface area contributed by atoms with Crippen LogP contribution in [-0.4, -0.2) is 45.0 Å². The molecule has 0 atom stereocenters. The van der Waals surface area contributed by atoms with E-state index in [4.69, 9.17) is 18.9 Å². The minimum atomic E-state index is -0.361. The molecule has 7 nitrogen and oxygen atoms in total. The van der Waals surface area contributed by atoms with Gasteiger partial charge in [-0.1, -0.05) is 29.5 Å².